The van der Waals surface area contributed by atoms with E-state index in [-0.39, 0.29) is 0 Å². The van der Waals surface area contributed by atoms with E-state index in [0.29, 0.717) is 11.1 Å². The number of carbonyl (C=O) groups excluding carboxylic acids is 2. The Morgan fingerprint density at radius 2 is 0.719 bits per heavy atom. The zero-order chi connectivity index (χ0) is 22.2. The minimum atomic E-state index is -0.834. The molecule has 0 N–H and O–H groups in total. The lowest BCUT2D eigenvalue weighted by Gasteiger charge is -2.28. The van der Waals surface area contributed by atoms with Crippen LogP contribution in [0.4, 0.5) is 0 Å². The molecule has 0 radical (unpaired) electrons. The summed E-state index contributed by atoms with van der Waals surface area (Å²) in [4.78, 5) is 25.9. The van der Waals surface area contributed by atoms with Crippen molar-refractivity contribution in [2.75, 3.05) is 0 Å². The normalized spacial score (nSPS) is 12.4. The molecule has 0 aliphatic rings. The summed E-state index contributed by atoms with van der Waals surface area (Å²) >= 11 is 0. The number of carbonyl (C=O) groups is 2. The third-order valence-electron chi connectivity index (χ3n) is 5.02. The van der Waals surface area contributed by atoms with E-state index in [1.54, 1.807) is 48.5 Å². The van der Waals surface area contributed by atoms with Crippen molar-refractivity contribution in [3.05, 3.63) is 144 Å². The second-order valence-electron chi connectivity index (χ2n) is 7.21. The molecule has 0 bridgehead atoms. The largest absolute Gasteiger partial charge is 0.450 e. The molecule has 2 unspecified atom stereocenters. The van der Waals surface area contributed by atoms with Crippen molar-refractivity contribution >= 4 is 11.9 Å². The lowest BCUT2D eigenvalue weighted by atomic mass is 9.97. The van der Waals surface area contributed by atoms with E-state index in [4.69, 9.17) is 9.47 Å². The molecule has 0 aromatic heterocycles. The lowest BCUT2D eigenvalue weighted by molar-refractivity contribution is -0.0388. The SMILES string of the molecule is O=C(OC(c1ccccc1)C(OC(=O)c1ccccc1)c1ccccc1)c1ccccc1. The first kappa shape index (κ1) is 21.1. The van der Waals surface area contributed by atoms with Crippen molar-refractivity contribution in [2.45, 2.75) is 12.2 Å². The quantitative estimate of drug-likeness (QED) is 0.334. The average molecular weight is 422 g/mol. The van der Waals surface area contributed by atoms with Gasteiger partial charge in [-0.1, -0.05) is 97.1 Å². The summed E-state index contributed by atoms with van der Waals surface area (Å²) in [6.07, 6.45) is -1.67. The maximum atomic E-state index is 13.0. The average Bonchev–Trinajstić information content (AvgIpc) is 2.88. The van der Waals surface area contributed by atoms with Crippen molar-refractivity contribution < 1.29 is 19.1 Å². The summed E-state index contributed by atoms with van der Waals surface area (Å²) in [5.74, 6) is -0.979. The molecule has 4 heteroatoms. The molecule has 0 saturated carbocycles. The molecular formula is C28H22O4. The summed E-state index contributed by atoms with van der Waals surface area (Å²) in [5, 5.41) is 0. The van der Waals surface area contributed by atoms with Crippen LogP contribution in [0.15, 0.2) is 121 Å². The van der Waals surface area contributed by atoms with Crippen molar-refractivity contribution in [3.63, 3.8) is 0 Å². The maximum absolute atomic E-state index is 13.0. The Balaban J connectivity index is 1.72. The highest BCUT2D eigenvalue weighted by molar-refractivity contribution is 5.90. The van der Waals surface area contributed by atoms with Crippen LogP contribution in [-0.2, 0) is 9.47 Å². The number of hydrogen-bond donors (Lipinski definition) is 0. The Kier molecular flexibility index (Phi) is 6.73. The Bertz CT molecular complexity index is 1050. The number of ether oxygens (including phenoxy) is 2. The topological polar surface area (TPSA) is 52.6 Å². The minimum absolute atomic E-state index is 0.426. The van der Waals surface area contributed by atoms with Gasteiger partial charge in [0.1, 0.15) is 0 Å². The van der Waals surface area contributed by atoms with Crippen molar-refractivity contribution in [2.24, 2.45) is 0 Å². The van der Waals surface area contributed by atoms with E-state index < -0.39 is 24.1 Å². The van der Waals surface area contributed by atoms with Gasteiger partial charge in [-0.15, -0.1) is 0 Å². The first-order chi connectivity index (χ1) is 15.7. The monoisotopic (exact) mass is 422 g/mol. The molecule has 4 aromatic carbocycles. The molecule has 0 spiro atoms. The van der Waals surface area contributed by atoms with Gasteiger partial charge < -0.3 is 9.47 Å². The Labute approximate surface area is 187 Å². The number of rotatable bonds is 7. The van der Waals surface area contributed by atoms with E-state index in [2.05, 4.69) is 0 Å². The van der Waals surface area contributed by atoms with Gasteiger partial charge in [0.25, 0.3) is 0 Å². The molecule has 158 valence electrons. The molecule has 0 aliphatic heterocycles. The summed E-state index contributed by atoms with van der Waals surface area (Å²) < 4.78 is 11.9. The summed E-state index contributed by atoms with van der Waals surface area (Å²) in [6, 6.07) is 36.2. The van der Waals surface area contributed by atoms with E-state index in [1.165, 1.54) is 0 Å². The standard InChI is InChI=1S/C28H22O4/c29-27(23-17-9-3-10-18-23)31-25(21-13-5-1-6-14-21)26(22-15-7-2-8-16-22)32-28(30)24-19-11-4-12-20-24/h1-20,25-26H. The van der Waals surface area contributed by atoms with Gasteiger partial charge in [0.15, 0.2) is 12.2 Å². The molecule has 4 rings (SSSR count). The van der Waals surface area contributed by atoms with Gasteiger partial charge in [0.05, 0.1) is 11.1 Å². The third kappa shape index (κ3) is 5.10. The molecule has 2 atom stereocenters. The van der Waals surface area contributed by atoms with Crippen LogP contribution < -0.4 is 0 Å². The van der Waals surface area contributed by atoms with Gasteiger partial charge >= 0.3 is 11.9 Å². The fraction of sp³-hybridized carbons (Fsp3) is 0.0714. The first-order valence-electron chi connectivity index (χ1n) is 10.3. The highest BCUT2D eigenvalue weighted by atomic mass is 16.6. The second kappa shape index (κ2) is 10.2. The predicted octanol–water partition coefficient (Wildman–Crippen LogP) is 6.18. The van der Waals surface area contributed by atoms with Crippen LogP contribution in [0.1, 0.15) is 44.1 Å². The van der Waals surface area contributed by atoms with Gasteiger partial charge in [-0.25, -0.2) is 9.59 Å². The van der Waals surface area contributed by atoms with Gasteiger partial charge in [-0.05, 0) is 35.4 Å². The van der Waals surface area contributed by atoms with Crippen molar-refractivity contribution in [1.29, 1.82) is 0 Å². The fourth-order valence-corrected chi connectivity index (χ4v) is 3.41. The predicted molar refractivity (Wildman–Crippen MR) is 122 cm³/mol. The van der Waals surface area contributed by atoms with Crippen LogP contribution in [0.3, 0.4) is 0 Å². The van der Waals surface area contributed by atoms with Crippen LogP contribution in [-0.4, -0.2) is 11.9 Å². The number of esters is 2. The van der Waals surface area contributed by atoms with Crippen LogP contribution >= 0.6 is 0 Å². The van der Waals surface area contributed by atoms with Gasteiger partial charge in [-0.3, -0.25) is 0 Å². The van der Waals surface area contributed by atoms with E-state index in [9.17, 15) is 9.59 Å². The molecule has 0 heterocycles. The maximum Gasteiger partial charge on any atom is 0.338 e. The van der Waals surface area contributed by atoms with E-state index in [0.717, 1.165) is 11.1 Å². The van der Waals surface area contributed by atoms with Gasteiger partial charge in [0, 0.05) is 0 Å². The van der Waals surface area contributed by atoms with E-state index in [1.807, 2.05) is 72.8 Å². The second-order valence-corrected chi connectivity index (χ2v) is 7.21. The summed E-state index contributed by atoms with van der Waals surface area (Å²) in [5.41, 5.74) is 2.31. The zero-order valence-electron chi connectivity index (χ0n) is 17.3. The zero-order valence-corrected chi connectivity index (χ0v) is 17.3. The van der Waals surface area contributed by atoms with Gasteiger partial charge in [-0.2, -0.15) is 0 Å². The van der Waals surface area contributed by atoms with Crippen molar-refractivity contribution in [1.82, 2.24) is 0 Å². The Hall–Kier alpha value is -4.18. The summed E-state index contributed by atoms with van der Waals surface area (Å²) in [6.45, 7) is 0. The fourth-order valence-electron chi connectivity index (χ4n) is 3.41. The lowest BCUT2D eigenvalue weighted by Crippen LogP contribution is -2.23. The van der Waals surface area contributed by atoms with Crippen LogP contribution in [0.5, 0.6) is 0 Å². The third-order valence-corrected chi connectivity index (χ3v) is 5.02. The van der Waals surface area contributed by atoms with Crippen LogP contribution in [0.25, 0.3) is 0 Å². The smallest absolute Gasteiger partial charge is 0.338 e. The Morgan fingerprint density at radius 3 is 1.03 bits per heavy atom. The first-order valence-corrected chi connectivity index (χ1v) is 10.3. The molecule has 0 amide bonds. The molecule has 0 aliphatic carbocycles. The highest BCUT2D eigenvalue weighted by Gasteiger charge is 2.32. The molecule has 4 aromatic rings. The molecule has 0 fully saturated rings. The summed E-state index contributed by atoms with van der Waals surface area (Å²) in [7, 11) is 0. The Morgan fingerprint density at radius 1 is 0.438 bits per heavy atom. The van der Waals surface area contributed by atoms with E-state index >= 15 is 0 Å². The molecule has 4 nitrogen and oxygen atoms in total. The molecule has 0 saturated heterocycles. The number of benzene rings is 4. The molecular weight excluding hydrogens is 400 g/mol. The highest BCUT2D eigenvalue weighted by Crippen LogP contribution is 2.36. The van der Waals surface area contributed by atoms with Crippen LogP contribution in [0, 0.1) is 0 Å². The molecule has 32 heavy (non-hydrogen) atoms. The minimum Gasteiger partial charge on any atom is -0.450 e. The van der Waals surface area contributed by atoms with Crippen LogP contribution in [0.2, 0.25) is 0 Å². The number of hydrogen-bond acceptors (Lipinski definition) is 4. The van der Waals surface area contributed by atoms with Crippen molar-refractivity contribution in [3.8, 4) is 0 Å². The van der Waals surface area contributed by atoms with Gasteiger partial charge in [0.2, 0.25) is 0 Å².